The SMILES string of the molecule is CCOCC(COCC)(c1cc2c(Nc3ccc(F)c(Cl)c3)ncnc2cc1OCC)N1CCN(C)CC1. The van der Waals surface area contributed by atoms with Gasteiger partial charge in [0.2, 0.25) is 0 Å². The molecule has 0 atom stereocenters. The average molecular weight is 546 g/mol. The summed E-state index contributed by atoms with van der Waals surface area (Å²) in [5, 5.41) is 4.13. The van der Waals surface area contributed by atoms with Gasteiger partial charge in [0.05, 0.1) is 35.9 Å². The molecule has 0 amide bonds. The molecule has 2 aromatic carbocycles. The molecule has 0 unspecified atom stereocenters. The lowest BCUT2D eigenvalue weighted by molar-refractivity contribution is -0.0757. The van der Waals surface area contributed by atoms with E-state index in [0.717, 1.165) is 48.4 Å². The number of rotatable bonds is 12. The van der Waals surface area contributed by atoms with Crippen molar-refractivity contribution in [3.8, 4) is 5.75 Å². The Morgan fingerprint density at radius 2 is 1.68 bits per heavy atom. The maximum absolute atomic E-state index is 13.8. The number of aromatic nitrogens is 2. The number of likely N-dealkylation sites (N-methyl/N-ethyl adjacent to an activating group) is 1. The molecule has 8 nitrogen and oxygen atoms in total. The first-order valence-electron chi connectivity index (χ1n) is 13.1. The Bertz CT molecular complexity index is 1210. The molecule has 1 saturated heterocycles. The molecule has 0 radical (unpaired) electrons. The van der Waals surface area contributed by atoms with Crippen molar-refractivity contribution in [1.82, 2.24) is 19.8 Å². The predicted molar refractivity (Wildman–Crippen MR) is 149 cm³/mol. The van der Waals surface area contributed by atoms with Gasteiger partial charge in [-0.15, -0.1) is 0 Å². The van der Waals surface area contributed by atoms with Crippen molar-refractivity contribution in [1.29, 1.82) is 0 Å². The summed E-state index contributed by atoms with van der Waals surface area (Å²) in [5.41, 5.74) is 1.73. The van der Waals surface area contributed by atoms with Crippen LogP contribution in [0.25, 0.3) is 10.9 Å². The molecular formula is C28H37ClFN5O3. The molecule has 4 rings (SSSR count). The Hall–Kier alpha value is -2.56. The van der Waals surface area contributed by atoms with Crippen LogP contribution in [0, 0.1) is 5.82 Å². The molecule has 1 N–H and O–H groups in total. The smallest absolute Gasteiger partial charge is 0.141 e. The molecule has 10 heteroatoms. The summed E-state index contributed by atoms with van der Waals surface area (Å²) in [7, 11) is 2.14. The second-order valence-electron chi connectivity index (χ2n) is 9.37. The van der Waals surface area contributed by atoms with E-state index in [-0.39, 0.29) is 5.02 Å². The van der Waals surface area contributed by atoms with Crippen LogP contribution in [0.15, 0.2) is 36.7 Å². The number of benzene rings is 2. The maximum Gasteiger partial charge on any atom is 0.141 e. The van der Waals surface area contributed by atoms with Gasteiger partial charge in [-0.25, -0.2) is 14.4 Å². The van der Waals surface area contributed by atoms with E-state index < -0.39 is 11.4 Å². The molecule has 206 valence electrons. The third-order valence-corrected chi connectivity index (χ3v) is 7.21. The fourth-order valence-electron chi connectivity index (χ4n) is 4.86. The van der Waals surface area contributed by atoms with E-state index in [1.54, 1.807) is 12.1 Å². The molecule has 1 fully saturated rings. The van der Waals surface area contributed by atoms with Crippen LogP contribution in [0.5, 0.6) is 5.75 Å². The van der Waals surface area contributed by atoms with E-state index in [9.17, 15) is 4.39 Å². The number of ether oxygens (including phenoxy) is 3. The second-order valence-corrected chi connectivity index (χ2v) is 9.78. The minimum atomic E-state index is -0.585. The van der Waals surface area contributed by atoms with Crippen LogP contribution in [-0.4, -0.2) is 86.0 Å². The van der Waals surface area contributed by atoms with E-state index in [4.69, 9.17) is 25.8 Å². The fourth-order valence-corrected chi connectivity index (χ4v) is 5.04. The summed E-state index contributed by atoms with van der Waals surface area (Å²) >= 11 is 6.03. The van der Waals surface area contributed by atoms with Gasteiger partial charge in [-0.1, -0.05) is 11.6 Å². The van der Waals surface area contributed by atoms with Crippen LogP contribution in [0.3, 0.4) is 0 Å². The van der Waals surface area contributed by atoms with Crippen LogP contribution in [0.1, 0.15) is 26.3 Å². The molecule has 1 aliphatic rings. The van der Waals surface area contributed by atoms with Gasteiger partial charge in [-0.2, -0.15) is 0 Å². The normalized spacial score (nSPS) is 15.2. The third-order valence-electron chi connectivity index (χ3n) is 6.92. The molecule has 0 aliphatic carbocycles. The van der Waals surface area contributed by atoms with Crippen molar-refractivity contribution in [2.75, 3.05) is 71.6 Å². The zero-order valence-electron chi connectivity index (χ0n) is 22.6. The Kier molecular flexibility index (Phi) is 9.73. The lowest BCUT2D eigenvalue weighted by Crippen LogP contribution is -2.59. The molecule has 0 bridgehead atoms. The van der Waals surface area contributed by atoms with Crippen molar-refractivity contribution >= 4 is 34.0 Å². The number of nitrogens with zero attached hydrogens (tertiary/aromatic N) is 4. The van der Waals surface area contributed by atoms with Crippen LogP contribution in [-0.2, 0) is 15.0 Å². The first-order valence-corrected chi connectivity index (χ1v) is 13.5. The minimum absolute atomic E-state index is 0.0372. The zero-order chi connectivity index (χ0) is 27.1. The van der Waals surface area contributed by atoms with Crippen LogP contribution in [0.4, 0.5) is 15.9 Å². The highest BCUT2D eigenvalue weighted by atomic mass is 35.5. The Labute approximate surface area is 229 Å². The van der Waals surface area contributed by atoms with Gasteiger partial charge < -0.3 is 24.4 Å². The van der Waals surface area contributed by atoms with Gasteiger partial charge in [0.25, 0.3) is 0 Å². The maximum atomic E-state index is 13.8. The molecular weight excluding hydrogens is 509 g/mol. The summed E-state index contributed by atoms with van der Waals surface area (Å²) in [6.45, 7) is 12.2. The molecule has 0 saturated carbocycles. The minimum Gasteiger partial charge on any atom is -0.493 e. The van der Waals surface area contributed by atoms with E-state index in [2.05, 4.69) is 38.2 Å². The average Bonchev–Trinajstić information content (AvgIpc) is 2.92. The highest BCUT2D eigenvalue weighted by Gasteiger charge is 2.43. The van der Waals surface area contributed by atoms with Gasteiger partial charge in [0, 0.05) is 62.1 Å². The predicted octanol–water partition coefficient (Wildman–Crippen LogP) is 5.08. The lowest BCUT2D eigenvalue weighted by atomic mass is 9.86. The Morgan fingerprint density at radius 3 is 2.32 bits per heavy atom. The van der Waals surface area contributed by atoms with Crippen molar-refractivity contribution < 1.29 is 18.6 Å². The Morgan fingerprint density at radius 1 is 0.974 bits per heavy atom. The first kappa shape index (κ1) is 28.4. The fraction of sp³-hybridized carbons (Fsp3) is 0.500. The second kappa shape index (κ2) is 13.0. The van der Waals surface area contributed by atoms with E-state index >= 15 is 0 Å². The van der Waals surface area contributed by atoms with E-state index in [1.807, 2.05) is 26.8 Å². The monoisotopic (exact) mass is 545 g/mol. The third kappa shape index (κ3) is 6.18. The first-order chi connectivity index (χ1) is 18.4. The van der Waals surface area contributed by atoms with Crippen molar-refractivity contribution in [2.45, 2.75) is 26.3 Å². The molecule has 2 heterocycles. The van der Waals surface area contributed by atoms with Crippen molar-refractivity contribution in [3.05, 3.63) is 53.1 Å². The topological polar surface area (TPSA) is 72.0 Å². The molecule has 38 heavy (non-hydrogen) atoms. The summed E-state index contributed by atoms with van der Waals surface area (Å²) in [6, 6.07) is 8.54. The van der Waals surface area contributed by atoms with E-state index in [1.165, 1.54) is 12.4 Å². The molecule has 1 aromatic heterocycles. The zero-order valence-corrected chi connectivity index (χ0v) is 23.4. The summed E-state index contributed by atoms with van der Waals surface area (Å²) in [5.74, 6) is 0.854. The summed E-state index contributed by atoms with van der Waals surface area (Å²) < 4.78 is 32.3. The number of fused-ring (bicyclic) bond motifs is 1. The van der Waals surface area contributed by atoms with Crippen molar-refractivity contribution in [2.24, 2.45) is 0 Å². The standard InChI is InChI=1S/C28H37ClFN5O3/c1-5-36-17-28(18-37-6-2,35-12-10-34(4)11-13-35)22-15-21-25(16-26(22)38-7-3)31-19-32-27(21)33-20-8-9-24(30)23(29)14-20/h8-9,14-16,19H,5-7,10-13,17-18H2,1-4H3,(H,31,32,33). The number of nitrogens with one attached hydrogen (secondary N) is 1. The quantitative estimate of drug-likeness (QED) is 0.338. The number of anilines is 2. The summed E-state index contributed by atoms with van der Waals surface area (Å²) in [4.78, 5) is 13.8. The van der Waals surface area contributed by atoms with Gasteiger partial charge in [-0.3, -0.25) is 4.90 Å². The van der Waals surface area contributed by atoms with Crippen LogP contribution < -0.4 is 10.1 Å². The molecule has 0 spiro atoms. The molecule has 3 aromatic rings. The number of halogens is 2. The lowest BCUT2D eigenvalue weighted by Gasteiger charge is -2.47. The number of hydrogen-bond donors (Lipinski definition) is 1. The van der Waals surface area contributed by atoms with Gasteiger partial charge in [0.15, 0.2) is 0 Å². The highest BCUT2D eigenvalue weighted by molar-refractivity contribution is 6.31. The van der Waals surface area contributed by atoms with Crippen LogP contribution in [0.2, 0.25) is 5.02 Å². The number of hydrogen-bond acceptors (Lipinski definition) is 8. The van der Waals surface area contributed by atoms with Crippen molar-refractivity contribution in [3.63, 3.8) is 0 Å². The van der Waals surface area contributed by atoms with Gasteiger partial charge >= 0.3 is 0 Å². The summed E-state index contributed by atoms with van der Waals surface area (Å²) in [6.07, 6.45) is 1.50. The largest absolute Gasteiger partial charge is 0.493 e. The van der Waals surface area contributed by atoms with E-state index in [0.29, 0.717) is 44.5 Å². The highest BCUT2D eigenvalue weighted by Crippen LogP contribution is 2.40. The van der Waals surface area contributed by atoms with Gasteiger partial charge in [0.1, 0.15) is 23.7 Å². The Balaban J connectivity index is 1.89. The molecule has 1 aliphatic heterocycles. The van der Waals surface area contributed by atoms with Gasteiger partial charge in [-0.05, 0) is 52.1 Å². The number of piperazine rings is 1. The van der Waals surface area contributed by atoms with Crippen LogP contribution >= 0.6 is 11.6 Å².